The molecule has 0 aromatic heterocycles. The minimum absolute atomic E-state index is 0.0595. The third-order valence-electron chi connectivity index (χ3n) is 6.12. The molecule has 4 saturated carbocycles. The average molecular weight is 300 g/mol. The Morgan fingerprint density at radius 1 is 1.18 bits per heavy atom. The van der Waals surface area contributed by atoms with Crippen LogP contribution in [-0.4, -0.2) is 5.97 Å². The van der Waals surface area contributed by atoms with Gasteiger partial charge in [0.15, 0.2) is 11.4 Å². The van der Waals surface area contributed by atoms with Gasteiger partial charge in [0.25, 0.3) is 0 Å². The molecule has 4 bridgehead atoms. The van der Waals surface area contributed by atoms with Crippen molar-refractivity contribution >= 4 is 11.7 Å². The van der Waals surface area contributed by atoms with Crippen molar-refractivity contribution in [2.45, 2.75) is 51.9 Å². The van der Waals surface area contributed by atoms with E-state index in [1.807, 2.05) is 25.1 Å². The first kappa shape index (κ1) is 14.3. The summed E-state index contributed by atoms with van der Waals surface area (Å²) in [5.41, 5.74) is 6.18. The molecule has 118 valence electrons. The summed E-state index contributed by atoms with van der Waals surface area (Å²) in [6, 6.07) is 5.81. The second-order valence-electron chi connectivity index (χ2n) is 8.18. The Morgan fingerprint density at radius 2 is 1.77 bits per heavy atom. The van der Waals surface area contributed by atoms with E-state index >= 15 is 0 Å². The van der Waals surface area contributed by atoms with Crippen molar-refractivity contribution < 1.29 is 15.3 Å². The van der Waals surface area contributed by atoms with Crippen molar-refractivity contribution in [3.8, 4) is 5.75 Å². The molecule has 22 heavy (non-hydrogen) atoms. The number of carbonyl (C=O) groups excluding carboxylic acids is 1. The van der Waals surface area contributed by atoms with E-state index in [4.69, 9.17) is 4.74 Å². The molecule has 3 nitrogen and oxygen atoms in total. The monoisotopic (exact) mass is 300 g/mol. The Balaban J connectivity index is 1.46. The third kappa shape index (κ3) is 2.56. The molecule has 4 aliphatic carbocycles. The van der Waals surface area contributed by atoms with Crippen LogP contribution >= 0.6 is 0 Å². The molecule has 3 heteroatoms. The number of hydrogen-bond acceptors (Lipinski definition) is 2. The van der Waals surface area contributed by atoms with Gasteiger partial charge in [-0.15, -0.1) is 0 Å². The molecule has 4 fully saturated rings. The van der Waals surface area contributed by atoms with Gasteiger partial charge in [-0.2, -0.15) is 0 Å². The van der Waals surface area contributed by atoms with E-state index < -0.39 is 0 Å². The van der Waals surface area contributed by atoms with Crippen molar-refractivity contribution in [2.24, 2.45) is 23.2 Å². The highest BCUT2D eigenvalue weighted by Gasteiger charge is 2.51. The number of aryl methyl sites for hydroxylation is 1. The van der Waals surface area contributed by atoms with Crippen LogP contribution in [0.25, 0.3) is 0 Å². The number of carbonyl (C=O) groups is 1. The fourth-order valence-corrected chi connectivity index (χ4v) is 5.78. The Hall–Kier alpha value is -1.35. The zero-order chi connectivity index (χ0) is 15.3. The maximum atomic E-state index is 12.5. The first-order chi connectivity index (χ1) is 10.5. The predicted molar refractivity (Wildman–Crippen MR) is 84.6 cm³/mol. The molecule has 0 radical (unpaired) electrons. The molecule has 0 unspecified atom stereocenters. The molecular weight excluding hydrogens is 274 g/mol. The second-order valence-corrected chi connectivity index (χ2v) is 8.18. The van der Waals surface area contributed by atoms with E-state index in [0.29, 0.717) is 12.2 Å². The van der Waals surface area contributed by atoms with Crippen LogP contribution in [0.1, 0.15) is 50.5 Å². The van der Waals surface area contributed by atoms with Crippen LogP contribution in [0.4, 0.5) is 5.69 Å². The normalized spacial score (nSPS) is 35.6. The van der Waals surface area contributed by atoms with Crippen LogP contribution in [0.15, 0.2) is 18.2 Å². The van der Waals surface area contributed by atoms with Gasteiger partial charge in [0.1, 0.15) is 0 Å². The lowest BCUT2D eigenvalue weighted by Gasteiger charge is -2.56. The zero-order valence-corrected chi connectivity index (χ0v) is 13.4. The van der Waals surface area contributed by atoms with Gasteiger partial charge in [-0.25, -0.2) is 0 Å². The molecule has 1 aromatic carbocycles. The second kappa shape index (κ2) is 5.09. The van der Waals surface area contributed by atoms with Gasteiger partial charge < -0.3 is 10.5 Å². The van der Waals surface area contributed by atoms with Gasteiger partial charge in [-0.05, 0) is 80.2 Å². The summed E-state index contributed by atoms with van der Waals surface area (Å²) < 4.78 is 5.64. The van der Waals surface area contributed by atoms with E-state index in [9.17, 15) is 4.79 Å². The molecule has 1 aromatic rings. The van der Waals surface area contributed by atoms with Crippen LogP contribution in [0.5, 0.6) is 5.75 Å². The third-order valence-corrected chi connectivity index (χ3v) is 6.12. The van der Waals surface area contributed by atoms with Gasteiger partial charge in [0, 0.05) is 6.07 Å². The Morgan fingerprint density at radius 3 is 2.32 bits per heavy atom. The molecule has 0 heterocycles. The van der Waals surface area contributed by atoms with E-state index in [1.54, 1.807) is 0 Å². The lowest BCUT2D eigenvalue weighted by molar-refractivity contribution is -0.256. The van der Waals surface area contributed by atoms with Gasteiger partial charge >= 0.3 is 5.97 Å². The maximum Gasteiger partial charge on any atom is 0.311 e. The molecule has 4 aliphatic rings. The summed E-state index contributed by atoms with van der Waals surface area (Å²) >= 11 is 0. The number of ether oxygens (including phenoxy) is 1. The molecule has 5 rings (SSSR count). The van der Waals surface area contributed by atoms with Gasteiger partial charge in [-0.3, -0.25) is 4.79 Å². The Kier molecular flexibility index (Phi) is 3.30. The van der Waals surface area contributed by atoms with Gasteiger partial charge in [-0.1, -0.05) is 6.07 Å². The van der Waals surface area contributed by atoms with Crippen LogP contribution in [-0.2, 0) is 4.79 Å². The van der Waals surface area contributed by atoms with Gasteiger partial charge in [0.2, 0.25) is 0 Å². The van der Waals surface area contributed by atoms with Crippen molar-refractivity contribution in [3.05, 3.63) is 23.8 Å². The van der Waals surface area contributed by atoms with Crippen LogP contribution in [0.2, 0.25) is 0 Å². The Labute approximate surface area is 132 Å². The smallest absolute Gasteiger partial charge is 0.311 e. The first-order valence-corrected chi connectivity index (χ1v) is 8.65. The molecule has 0 spiro atoms. The molecular formula is C19H26NO2+. The highest BCUT2D eigenvalue weighted by Crippen LogP contribution is 2.61. The summed E-state index contributed by atoms with van der Waals surface area (Å²) in [5, 5.41) is 0. The zero-order valence-electron chi connectivity index (χ0n) is 13.4. The fraction of sp³-hybridized carbons (Fsp3) is 0.632. The molecule has 0 atom stereocenters. The van der Waals surface area contributed by atoms with Crippen LogP contribution in [0.3, 0.4) is 0 Å². The molecule has 3 N–H and O–H groups in total. The molecule has 0 saturated heterocycles. The van der Waals surface area contributed by atoms with Crippen molar-refractivity contribution in [1.82, 2.24) is 0 Å². The van der Waals surface area contributed by atoms with Crippen LogP contribution in [0, 0.1) is 30.1 Å². The summed E-state index contributed by atoms with van der Waals surface area (Å²) in [4.78, 5) is 12.5. The molecule has 0 aliphatic heterocycles. The standard InChI is InChI=1S/C19H25NO2/c1-12-2-3-17(16(20)4-12)22-18(21)11-19-8-13-5-14(9-19)7-15(6-13)10-19/h2-4,13-15H,5-11,20H2,1H3/p+1. The number of rotatable bonds is 3. The Bertz CT molecular complexity index is 572. The summed E-state index contributed by atoms with van der Waals surface area (Å²) in [6.45, 7) is 2.02. The quantitative estimate of drug-likeness (QED) is 0.687. The van der Waals surface area contributed by atoms with E-state index in [0.717, 1.165) is 29.0 Å². The van der Waals surface area contributed by atoms with Crippen molar-refractivity contribution in [1.29, 1.82) is 0 Å². The summed E-state index contributed by atoms with van der Waals surface area (Å²) in [5.74, 6) is 3.20. The average Bonchev–Trinajstić information content (AvgIpc) is 2.39. The number of benzene rings is 1. The van der Waals surface area contributed by atoms with E-state index in [1.165, 1.54) is 38.5 Å². The lowest BCUT2D eigenvalue weighted by atomic mass is 9.49. The van der Waals surface area contributed by atoms with Crippen LogP contribution < -0.4 is 10.5 Å². The summed E-state index contributed by atoms with van der Waals surface area (Å²) in [6.07, 6.45) is 8.58. The fourth-order valence-electron chi connectivity index (χ4n) is 5.78. The first-order valence-electron chi connectivity index (χ1n) is 8.65. The predicted octanol–water partition coefficient (Wildman–Crippen LogP) is 3.38. The van der Waals surface area contributed by atoms with Gasteiger partial charge in [0.05, 0.1) is 6.42 Å². The number of quaternary nitrogens is 1. The SMILES string of the molecule is Cc1ccc(OC(=O)CC23CC4CC(CC(C4)C2)C3)c([NH3+])c1. The number of hydrogen-bond donors (Lipinski definition) is 1. The van der Waals surface area contributed by atoms with E-state index in [-0.39, 0.29) is 11.4 Å². The molecule has 0 amide bonds. The minimum atomic E-state index is -0.0595. The summed E-state index contributed by atoms with van der Waals surface area (Å²) in [7, 11) is 0. The minimum Gasteiger partial charge on any atom is -0.420 e. The van der Waals surface area contributed by atoms with E-state index in [2.05, 4.69) is 5.73 Å². The topological polar surface area (TPSA) is 53.9 Å². The highest BCUT2D eigenvalue weighted by molar-refractivity contribution is 5.74. The maximum absolute atomic E-state index is 12.5. The van der Waals surface area contributed by atoms with Crippen molar-refractivity contribution in [3.63, 3.8) is 0 Å². The lowest BCUT2D eigenvalue weighted by Crippen LogP contribution is -2.47. The van der Waals surface area contributed by atoms with Crippen molar-refractivity contribution in [2.75, 3.05) is 0 Å². The highest BCUT2D eigenvalue weighted by atomic mass is 16.5. The number of esters is 1. The largest absolute Gasteiger partial charge is 0.420 e.